The average molecular weight is 252 g/mol. The van der Waals surface area contributed by atoms with E-state index >= 15 is 0 Å². The second kappa shape index (κ2) is 6.31. The Kier molecular flexibility index (Phi) is 4.24. The zero-order valence-corrected chi connectivity index (χ0v) is 10.2. The zero-order chi connectivity index (χ0) is 13.5. The van der Waals surface area contributed by atoms with E-state index in [0.717, 1.165) is 11.8 Å². The number of esters is 1. The molecular formula is C16H12O3. The third-order valence-corrected chi connectivity index (χ3v) is 2.45. The molecule has 0 saturated carbocycles. The second-order valence-corrected chi connectivity index (χ2v) is 3.85. The molecule has 0 saturated heterocycles. The monoisotopic (exact) mass is 252 g/mol. The molecule has 0 fully saturated rings. The summed E-state index contributed by atoms with van der Waals surface area (Å²) in [6.07, 6.45) is 3.78. The van der Waals surface area contributed by atoms with Crippen molar-refractivity contribution in [2.24, 2.45) is 0 Å². The molecule has 0 aliphatic rings. The van der Waals surface area contributed by atoms with E-state index in [1.165, 1.54) is 6.08 Å². The van der Waals surface area contributed by atoms with Crippen molar-refractivity contribution in [1.82, 2.24) is 0 Å². The lowest BCUT2D eigenvalue weighted by Crippen LogP contribution is -2.03. The van der Waals surface area contributed by atoms with Crippen molar-refractivity contribution in [1.29, 1.82) is 0 Å². The minimum atomic E-state index is -0.456. The topological polar surface area (TPSA) is 43.4 Å². The fourth-order valence-corrected chi connectivity index (χ4v) is 1.49. The van der Waals surface area contributed by atoms with Gasteiger partial charge in [0.05, 0.1) is 0 Å². The molecule has 2 aromatic carbocycles. The molecule has 3 heteroatoms. The number of carbonyl (C=O) groups is 2. The van der Waals surface area contributed by atoms with Gasteiger partial charge in [0, 0.05) is 11.6 Å². The van der Waals surface area contributed by atoms with Crippen LogP contribution in [0.2, 0.25) is 0 Å². The summed E-state index contributed by atoms with van der Waals surface area (Å²) in [7, 11) is 0. The Morgan fingerprint density at radius 1 is 0.895 bits per heavy atom. The molecule has 2 rings (SSSR count). The molecule has 0 aliphatic heterocycles. The van der Waals surface area contributed by atoms with E-state index in [-0.39, 0.29) is 0 Å². The van der Waals surface area contributed by atoms with Crippen LogP contribution in [0.3, 0.4) is 0 Å². The predicted molar refractivity (Wildman–Crippen MR) is 72.9 cm³/mol. The van der Waals surface area contributed by atoms with E-state index in [0.29, 0.717) is 11.3 Å². The van der Waals surface area contributed by atoms with E-state index in [2.05, 4.69) is 0 Å². The molecule has 0 aliphatic carbocycles. The van der Waals surface area contributed by atoms with Crippen LogP contribution in [0.25, 0.3) is 6.08 Å². The Morgan fingerprint density at radius 2 is 1.58 bits per heavy atom. The first-order valence-electron chi connectivity index (χ1n) is 5.78. The summed E-state index contributed by atoms with van der Waals surface area (Å²) in [4.78, 5) is 22.0. The number of rotatable bonds is 4. The molecule has 0 heterocycles. The highest BCUT2D eigenvalue weighted by atomic mass is 16.5. The molecule has 0 spiro atoms. The Hall–Kier alpha value is -2.68. The van der Waals surface area contributed by atoms with Gasteiger partial charge in [0.2, 0.25) is 0 Å². The summed E-state index contributed by atoms with van der Waals surface area (Å²) >= 11 is 0. The van der Waals surface area contributed by atoms with Crippen molar-refractivity contribution in [3.05, 3.63) is 71.8 Å². The Balaban J connectivity index is 1.97. The molecule has 0 N–H and O–H groups in total. The number of benzene rings is 2. The van der Waals surface area contributed by atoms with Crippen LogP contribution in [-0.2, 0) is 4.79 Å². The van der Waals surface area contributed by atoms with Crippen LogP contribution in [0, 0.1) is 0 Å². The number of aldehydes is 1. The largest absolute Gasteiger partial charge is 0.423 e. The summed E-state index contributed by atoms with van der Waals surface area (Å²) < 4.78 is 5.09. The van der Waals surface area contributed by atoms with Crippen molar-refractivity contribution in [2.45, 2.75) is 0 Å². The molecule has 0 amide bonds. The van der Waals surface area contributed by atoms with Gasteiger partial charge in [0.25, 0.3) is 0 Å². The van der Waals surface area contributed by atoms with Crippen LogP contribution in [0.1, 0.15) is 15.9 Å². The SMILES string of the molecule is O=Cc1ccc(OC(=O)/C=C/c2ccccc2)cc1. The molecular weight excluding hydrogens is 240 g/mol. The normalized spacial score (nSPS) is 10.3. The first-order chi connectivity index (χ1) is 9.28. The van der Waals surface area contributed by atoms with E-state index < -0.39 is 5.97 Å². The third-order valence-electron chi connectivity index (χ3n) is 2.45. The molecule has 19 heavy (non-hydrogen) atoms. The number of ether oxygens (including phenoxy) is 1. The lowest BCUT2D eigenvalue weighted by molar-refractivity contribution is -0.128. The molecule has 3 nitrogen and oxygen atoms in total. The Bertz CT molecular complexity index is 583. The summed E-state index contributed by atoms with van der Waals surface area (Å²) in [6, 6.07) is 15.8. The Labute approximate surface area is 111 Å². The van der Waals surface area contributed by atoms with Crippen LogP contribution >= 0.6 is 0 Å². The zero-order valence-electron chi connectivity index (χ0n) is 10.2. The van der Waals surface area contributed by atoms with Crippen LogP contribution < -0.4 is 4.74 Å². The van der Waals surface area contributed by atoms with Crippen LogP contribution in [-0.4, -0.2) is 12.3 Å². The predicted octanol–water partition coefficient (Wildman–Crippen LogP) is 3.12. The fourth-order valence-electron chi connectivity index (χ4n) is 1.49. The summed E-state index contributed by atoms with van der Waals surface area (Å²) in [5.41, 5.74) is 1.47. The van der Waals surface area contributed by atoms with Gasteiger partial charge in [-0.2, -0.15) is 0 Å². The maximum Gasteiger partial charge on any atom is 0.336 e. The summed E-state index contributed by atoms with van der Waals surface area (Å²) in [5, 5.41) is 0. The highest BCUT2D eigenvalue weighted by Gasteiger charge is 2.00. The first-order valence-corrected chi connectivity index (χ1v) is 5.78. The van der Waals surface area contributed by atoms with Gasteiger partial charge in [0.1, 0.15) is 12.0 Å². The van der Waals surface area contributed by atoms with Crippen LogP contribution in [0.15, 0.2) is 60.7 Å². The van der Waals surface area contributed by atoms with Gasteiger partial charge in [-0.25, -0.2) is 4.79 Å². The summed E-state index contributed by atoms with van der Waals surface area (Å²) in [5.74, 6) is -0.0454. The standard InChI is InChI=1S/C16H12O3/c17-12-14-6-9-15(10-7-14)19-16(18)11-8-13-4-2-1-3-5-13/h1-12H/b11-8+. The lowest BCUT2D eigenvalue weighted by Gasteiger charge is -2.00. The highest BCUT2D eigenvalue weighted by molar-refractivity contribution is 5.88. The van der Waals surface area contributed by atoms with E-state index in [1.54, 1.807) is 30.3 Å². The maximum atomic E-state index is 11.6. The Morgan fingerprint density at radius 3 is 2.21 bits per heavy atom. The van der Waals surface area contributed by atoms with E-state index in [4.69, 9.17) is 4.74 Å². The molecule has 0 bridgehead atoms. The van der Waals surface area contributed by atoms with Gasteiger partial charge >= 0.3 is 5.97 Å². The summed E-state index contributed by atoms with van der Waals surface area (Å²) in [6.45, 7) is 0. The van der Waals surface area contributed by atoms with Crippen molar-refractivity contribution in [3.8, 4) is 5.75 Å². The molecule has 0 aromatic heterocycles. The molecule has 94 valence electrons. The van der Waals surface area contributed by atoms with Crippen molar-refractivity contribution in [2.75, 3.05) is 0 Å². The van der Waals surface area contributed by atoms with Crippen LogP contribution in [0.5, 0.6) is 5.75 Å². The van der Waals surface area contributed by atoms with Gasteiger partial charge in [-0.1, -0.05) is 30.3 Å². The molecule has 0 unspecified atom stereocenters. The maximum absolute atomic E-state index is 11.6. The van der Waals surface area contributed by atoms with Crippen molar-refractivity contribution >= 4 is 18.3 Å². The highest BCUT2D eigenvalue weighted by Crippen LogP contribution is 2.11. The first kappa shape index (κ1) is 12.8. The minimum Gasteiger partial charge on any atom is -0.423 e. The van der Waals surface area contributed by atoms with Gasteiger partial charge in [-0.3, -0.25) is 4.79 Å². The average Bonchev–Trinajstić information content (AvgIpc) is 2.47. The molecule has 2 aromatic rings. The third kappa shape index (κ3) is 3.92. The van der Waals surface area contributed by atoms with Crippen LogP contribution in [0.4, 0.5) is 0 Å². The van der Waals surface area contributed by atoms with Gasteiger partial charge in [-0.05, 0) is 35.9 Å². The lowest BCUT2D eigenvalue weighted by atomic mass is 10.2. The fraction of sp³-hybridized carbons (Fsp3) is 0. The smallest absolute Gasteiger partial charge is 0.336 e. The van der Waals surface area contributed by atoms with E-state index in [9.17, 15) is 9.59 Å². The quantitative estimate of drug-likeness (QED) is 0.363. The number of carbonyl (C=O) groups excluding carboxylic acids is 2. The van der Waals surface area contributed by atoms with Crippen molar-refractivity contribution in [3.63, 3.8) is 0 Å². The van der Waals surface area contributed by atoms with Gasteiger partial charge < -0.3 is 4.74 Å². The second-order valence-electron chi connectivity index (χ2n) is 3.85. The molecule has 0 radical (unpaired) electrons. The van der Waals surface area contributed by atoms with Crippen molar-refractivity contribution < 1.29 is 14.3 Å². The number of hydrogen-bond donors (Lipinski definition) is 0. The minimum absolute atomic E-state index is 0.410. The van der Waals surface area contributed by atoms with Gasteiger partial charge in [0.15, 0.2) is 0 Å². The van der Waals surface area contributed by atoms with Gasteiger partial charge in [-0.15, -0.1) is 0 Å². The van der Waals surface area contributed by atoms with E-state index in [1.807, 2.05) is 30.3 Å². The number of hydrogen-bond acceptors (Lipinski definition) is 3. The molecule has 0 atom stereocenters.